The number of rotatable bonds is 4. The number of carbonyl (C=O) groups excluding carboxylic acids is 1. The van der Waals surface area contributed by atoms with Crippen molar-refractivity contribution < 1.29 is 9.53 Å². The Hall–Kier alpha value is -4.18. The maximum atomic E-state index is 13.8. The minimum Gasteiger partial charge on any atom is -0.457 e. The first kappa shape index (κ1) is 22.3. The summed E-state index contributed by atoms with van der Waals surface area (Å²) in [5.74, 6) is 1.47. The van der Waals surface area contributed by atoms with Crippen LogP contribution in [0.5, 0.6) is 11.5 Å². The molecule has 0 fully saturated rings. The number of para-hydroxylation sites is 2. The summed E-state index contributed by atoms with van der Waals surface area (Å²) in [6.07, 6.45) is 0.824. The molecule has 2 aliphatic rings. The lowest BCUT2D eigenvalue weighted by Crippen LogP contribution is -2.54. The van der Waals surface area contributed by atoms with Crippen molar-refractivity contribution >= 4 is 23.0 Å². The third kappa shape index (κ3) is 3.53. The van der Waals surface area contributed by atoms with Gasteiger partial charge in [-0.3, -0.25) is 4.79 Å². The van der Waals surface area contributed by atoms with Gasteiger partial charge in [0, 0.05) is 16.5 Å². The van der Waals surface area contributed by atoms with E-state index in [0.717, 1.165) is 34.9 Å². The summed E-state index contributed by atoms with van der Waals surface area (Å²) in [5, 5.41) is 0. The number of amides is 1. The number of nitrogens with zero attached hydrogens (tertiary/aromatic N) is 2. The van der Waals surface area contributed by atoms with Gasteiger partial charge in [0.25, 0.3) is 5.91 Å². The van der Waals surface area contributed by atoms with E-state index in [2.05, 4.69) is 57.2 Å². The molecule has 0 aliphatic carbocycles. The standard InChI is InChI=1S/C32H28N2O2/c1-31(2)21-32(3,22-11-6-4-7-12-22)27-16-10-15-26-28(30(35)34(31)29(26)27)33-23-17-19-25(20-18-23)36-24-13-8-5-9-14-24/h4-20H,21H2,1-3H3/t32-/m1/s1. The van der Waals surface area contributed by atoms with Crippen LogP contribution in [0.4, 0.5) is 11.4 Å². The van der Waals surface area contributed by atoms with Crippen LogP contribution in [-0.2, 0) is 10.2 Å². The first-order chi connectivity index (χ1) is 17.4. The van der Waals surface area contributed by atoms with Gasteiger partial charge in [-0.2, -0.15) is 0 Å². The van der Waals surface area contributed by atoms with Gasteiger partial charge in [-0.1, -0.05) is 73.7 Å². The number of carbonyl (C=O) groups is 1. The molecule has 1 atom stereocenters. The highest BCUT2D eigenvalue weighted by Gasteiger charge is 2.52. The summed E-state index contributed by atoms with van der Waals surface area (Å²) < 4.78 is 5.91. The van der Waals surface area contributed by atoms with E-state index in [9.17, 15) is 4.79 Å². The molecule has 0 saturated carbocycles. The van der Waals surface area contributed by atoms with Gasteiger partial charge in [0.2, 0.25) is 0 Å². The number of ether oxygens (including phenoxy) is 1. The van der Waals surface area contributed by atoms with Gasteiger partial charge in [0.15, 0.2) is 0 Å². The van der Waals surface area contributed by atoms with E-state index in [1.54, 1.807) is 0 Å². The van der Waals surface area contributed by atoms with Crippen LogP contribution >= 0.6 is 0 Å². The summed E-state index contributed by atoms with van der Waals surface area (Å²) in [7, 11) is 0. The van der Waals surface area contributed by atoms with E-state index in [1.165, 1.54) is 11.1 Å². The van der Waals surface area contributed by atoms with Gasteiger partial charge < -0.3 is 9.64 Å². The normalized spacial score (nSPS) is 20.9. The second-order valence-electron chi connectivity index (χ2n) is 10.4. The number of benzene rings is 4. The third-order valence-electron chi connectivity index (χ3n) is 7.37. The summed E-state index contributed by atoms with van der Waals surface area (Å²) >= 11 is 0. The Morgan fingerprint density at radius 1 is 0.750 bits per heavy atom. The highest BCUT2D eigenvalue weighted by Crippen LogP contribution is 2.54. The maximum Gasteiger partial charge on any atom is 0.278 e. The Bertz CT molecular complexity index is 1470. The molecule has 0 aromatic heterocycles. The van der Waals surface area contributed by atoms with Crippen LogP contribution in [-0.4, -0.2) is 17.2 Å². The van der Waals surface area contributed by atoms with Crippen LogP contribution < -0.4 is 9.64 Å². The van der Waals surface area contributed by atoms with Crippen molar-refractivity contribution in [3.8, 4) is 11.5 Å². The quantitative estimate of drug-likeness (QED) is 0.310. The zero-order valence-corrected chi connectivity index (χ0v) is 20.7. The van der Waals surface area contributed by atoms with Crippen molar-refractivity contribution in [3.63, 3.8) is 0 Å². The molecule has 1 amide bonds. The molecule has 4 heteroatoms. The van der Waals surface area contributed by atoms with Crippen molar-refractivity contribution in [3.05, 3.63) is 120 Å². The number of anilines is 1. The zero-order chi connectivity index (χ0) is 24.9. The molecule has 0 radical (unpaired) electrons. The van der Waals surface area contributed by atoms with Crippen molar-refractivity contribution in [1.82, 2.24) is 0 Å². The molecule has 4 nitrogen and oxygen atoms in total. The summed E-state index contributed by atoms with van der Waals surface area (Å²) in [6.45, 7) is 6.61. The zero-order valence-electron chi connectivity index (χ0n) is 20.7. The van der Waals surface area contributed by atoms with Crippen molar-refractivity contribution in [1.29, 1.82) is 0 Å². The average Bonchev–Trinajstić information content (AvgIpc) is 3.17. The smallest absolute Gasteiger partial charge is 0.278 e. The van der Waals surface area contributed by atoms with Gasteiger partial charge in [-0.25, -0.2) is 4.99 Å². The largest absolute Gasteiger partial charge is 0.457 e. The van der Waals surface area contributed by atoms with Gasteiger partial charge in [0.1, 0.15) is 17.2 Å². The SMILES string of the molecule is CC1(C)C[C@](C)(c2ccccc2)c2cccc3c2N1C(=O)C3=Nc1ccc(Oc2ccccc2)cc1. The predicted molar refractivity (Wildman–Crippen MR) is 145 cm³/mol. The van der Waals surface area contributed by atoms with Crippen LogP contribution in [0.2, 0.25) is 0 Å². The van der Waals surface area contributed by atoms with E-state index < -0.39 is 0 Å². The minimum atomic E-state index is -0.366. The van der Waals surface area contributed by atoms with Crippen molar-refractivity contribution in [2.24, 2.45) is 4.99 Å². The lowest BCUT2D eigenvalue weighted by atomic mass is 9.65. The van der Waals surface area contributed by atoms with Crippen molar-refractivity contribution in [2.45, 2.75) is 38.1 Å². The summed E-state index contributed by atoms with van der Waals surface area (Å²) in [4.78, 5) is 20.6. The minimum absolute atomic E-state index is 0.0397. The van der Waals surface area contributed by atoms with Gasteiger partial charge >= 0.3 is 0 Å². The molecule has 36 heavy (non-hydrogen) atoms. The Balaban J connectivity index is 1.41. The maximum absolute atomic E-state index is 13.8. The first-order valence-corrected chi connectivity index (χ1v) is 12.3. The molecule has 4 aromatic carbocycles. The topological polar surface area (TPSA) is 41.9 Å². The molecule has 0 saturated heterocycles. The lowest BCUT2D eigenvalue weighted by molar-refractivity contribution is -0.113. The molecule has 0 spiro atoms. The second-order valence-corrected chi connectivity index (χ2v) is 10.4. The first-order valence-electron chi connectivity index (χ1n) is 12.3. The fourth-order valence-corrected chi connectivity index (χ4v) is 5.87. The fourth-order valence-electron chi connectivity index (χ4n) is 5.87. The molecule has 0 bridgehead atoms. The Morgan fingerprint density at radius 3 is 2.08 bits per heavy atom. The van der Waals surface area contributed by atoms with Crippen LogP contribution in [0.1, 0.15) is 43.9 Å². The summed E-state index contributed by atoms with van der Waals surface area (Å²) in [5.41, 5.74) is 4.97. The Labute approximate surface area is 211 Å². The molecule has 178 valence electrons. The van der Waals surface area contributed by atoms with Gasteiger partial charge in [-0.15, -0.1) is 0 Å². The molecule has 0 N–H and O–H groups in total. The molecule has 0 unspecified atom stereocenters. The highest BCUT2D eigenvalue weighted by atomic mass is 16.5. The lowest BCUT2D eigenvalue weighted by Gasteiger charge is -2.49. The van der Waals surface area contributed by atoms with E-state index in [0.29, 0.717) is 5.71 Å². The van der Waals surface area contributed by atoms with Crippen LogP contribution in [0, 0.1) is 0 Å². The Morgan fingerprint density at radius 2 is 1.39 bits per heavy atom. The van der Waals surface area contributed by atoms with E-state index in [1.807, 2.05) is 71.6 Å². The van der Waals surface area contributed by atoms with E-state index in [4.69, 9.17) is 9.73 Å². The van der Waals surface area contributed by atoms with Crippen LogP contribution in [0.15, 0.2) is 108 Å². The monoisotopic (exact) mass is 472 g/mol. The van der Waals surface area contributed by atoms with Crippen LogP contribution in [0.3, 0.4) is 0 Å². The van der Waals surface area contributed by atoms with Gasteiger partial charge in [-0.05, 0) is 67.8 Å². The molecular weight excluding hydrogens is 444 g/mol. The van der Waals surface area contributed by atoms with E-state index in [-0.39, 0.29) is 16.9 Å². The van der Waals surface area contributed by atoms with Crippen LogP contribution in [0.25, 0.3) is 0 Å². The average molecular weight is 473 g/mol. The summed E-state index contributed by atoms with van der Waals surface area (Å²) in [6, 6.07) is 34.1. The molecule has 2 heterocycles. The third-order valence-corrected chi connectivity index (χ3v) is 7.37. The molecule has 6 rings (SSSR count). The fraction of sp³-hybridized carbons (Fsp3) is 0.188. The van der Waals surface area contributed by atoms with Crippen molar-refractivity contribution in [2.75, 3.05) is 4.90 Å². The highest BCUT2D eigenvalue weighted by molar-refractivity contribution is 6.55. The molecule has 2 aliphatic heterocycles. The second kappa shape index (κ2) is 8.20. The van der Waals surface area contributed by atoms with E-state index >= 15 is 0 Å². The molecule has 4 aromatic rings. The Kier molecular flexibility index (Phi) is 5.08. The molecular formula is C32H28N2O2. The number of hydrogen-bond acceptors (Lipinski definition) is 3. The number of aliphatic imine (C=N–C) groups is 1. The van der Waals surface area contributed by atoms with Gasteiger partial charge in [0.05, 0.1) is 11.4 Å². The number of hydrogen-bond donors (Lipinski definition) is 0. The predicted octanol–water partition coefficient (Wildman–Crippen LogP) is 7.43.